The molecule has 2 rings (SSSR count). The molecule has 21 heavy (non-hydrogen) atoms. The van der Waals surface area contributed by atoms with E-state index in [-0.39, 0.29) is 23.8 Å². The quantitative estimate of drug-likeness (QED) is 0.817. The molecule has 2 atom stereocenters. The summed E-state index contributed by atoms with van der Waals surface area (Å²) in [5, 5.41) is 3.37. The Kier molecular flexibility index (Phi) is 5.12. The Bertz CT molecular complexity index is 510. The van der Waals surface area contributed by atoms with Crippen LogP contribution in [0.3, 0.4) is 0 Å². The topological polar surface area (TPSA) is 49.4 Å². The second kappa shape index (κ2) is 6.85. The molecule has 1 aliphatic heterocycles. The van der Waals surface area contributed by atoms with Crippen LogP contribution in [0.5, 0.6) is 0 Å². The van der Waals surface area contributed by atoms with Crippen molar-refractivity contribution in [1.29, 1.82) is 0 Å². The van der Waals surface area contributed by atoms with Gasteiger partial charge < -0.3 is 5.32 Å². The van der Waals surface area contributed by atoms with Crippen molar-refractivity contribution in [2.45, 2.75) is 39.7 Å². The summed E-state index contributed by atoms with van der Waals surface area (Å²) in [6.45, 7) is 7.19. The highest BCUT2D eigenvalue weighted by molar-refractivity contribution is 6.03. The zero-order valence-corrected chi connectivity index (χ0v) is 13.1. The third kappa shape index (κ3) is 3.50. The summed E-state index contributed by atoms with van der Waals surface area (Å²) in [5.41, 5.74) is 2.41. The van der Waals surface area contributed by atoms with Crippen molar-refractivity contribution in [1.82, 2.24) is 10.2 Å². The van der Waals surface area contributed by atoms with Crippen molar-refractivity contribution >= 4 is 11.8 Å². The standard InChI is InChI=1S/C17H24N2O2/c1-4-13-6-8-14(9-7-13)15(18-5-2)11-19-16(20)10-12(3)17(19)21/h6-9,12,15,18H,4-5,10-11H2,1-3H3. The average Bonchev–Trinajstić information content (AvgIpc) is 2.73. The zero-order chi connectivity index (χ0) is 15.4. The predicted molar refractivity (Wildman–Crippen MR) is 82.7 cm³/mol. The molecule has 4 heteroatoms. The lowest BCUT2D eigenvalue weighted by Crippen LogP contribution is -2.38. The Balaban J connectivity index is 2.15. The summed E-state index contributed by atoms with van der Waals surface area (Å²) in [6.07, 6.45) is 1.35. The molecule has 1 heterocycles. The number of hydrogen-bond donors (Lipinski definition) is 1. The van der Waals surface area contributed by atoms with Crippen molar-refractivity contribution in [3.05, 3.63) is 35.4 Å². The van der Waals surface area contributed by atoms with Crippen molar-refractivity contribution < 1.29 is 9.59 Å². The van der Waals surface area contributed by atoms with E-state index in [2.05, 4.69) is 36.5 Å². The molecule has 1 aromatic carbocycles. The van der Waals surface area contributed by atoms with Crippen LogP contribution in [0.25, 0.3) is 0 Å². The monoisotopic (exact) mass is 288 g/mol. The largest absolute Gasteiger partial charge is 0.309 e. The number of likely N-dealkylation sites (N-methyl/N-ethyl adjacent to an activating group) is 1. The Labute approximate surface area is 126 Å². The Hall–Kier alpha value is -1.68. The van der Waals surface area contributed by atoms with Gasteiger partial charge >= 0.3 is 0 Å². The molecular formula is C17H24N2O2. The predicted octanol–water partition coefficient (Wildman–Crippen LogP) is 2.29. The fourth-order valence-corrected chi connectivity index (χ4v) is 2.74. The van der Waals surface area contributed by atoms with Gasteiger partial charge in [0, 0.05) is 18.9 Å². The highest BCUT2D eigenvalue weighted by atomic mass is 16.2. The minimum absolute atomic E-state index is 0.000828. The Morgan fingerprint density at radius 1 is 1.24 bits per heavy atom. The van der Waals surface area contributed by atoms with Gasteiger partial charge in [-0.1, -0.05) is 45.0 Å². The van der Waals surface area contributed by atoms with Crippen LogP contribution in [-0.2, 0) is 16.0 Å². The minimum atomic E-state index is -0.178. The molecule has 114 valence electrons. The highest BCUT2D eigenvalue weighted by Gasteiger charge is 2.36. The number of hydrogen-bond acceptors (Lipinski definition) is 3. The number of aryl methyl sites for hydroxylation is 1. The van der Waals surface area contributed by atoms with E-state index in [1.165, 1.54) is 10.5 Å². The van der Waals surface area contributed by atoms with Gasteiger partial charge in [-0.2, -0.15) is 0 Å². The van der Waals surface area contributed by atoms with E-state index in [0.717, 1.165) is 18.5 Å². The summed E-state index contributed by atoms with van der Waals surface area (Å²) >= 11 is 0. The van der Waals surface area contributed by atoms with Crippen molar-refractivity contribution in [3.8, 4) is 0 Å². The molecule has 1 N–H and O–H groups in total. The maximum atomic E-state index is 12.1. The van der Waals surface area contributed by atoms with Crippen molar-refractivity contribution in [2.24, 2.45) is 5.92 Å². The van der Waals surface area contributed by atoms with Crippen LogP contribution in [0.1, 0.15) is 44.4 Å². The average molecular weight is 288 g/mol. The molecule has 1 aromatic rings. The molecule has 4 nitrogen and oxygen atoms in total. The normalized spacial score (nSPS) is 20.1. The van der Waals surface area contributed by atoms with Crippen LogP contribution in [0.4, 0.5) is 0 Å². The first-order valence-electron chi connectivity index (χ1n) is 7.73. The third-order valence-corrected chi connectivity index (χ3v) is 4.08. The van der Waals surface area contributed by atoms with Gasteiger partial charge in [0.05, 0.1) is 6.04 Å². The van der Waals surface area contributed by atoms with E-state index in [0.29, 0.717) is 13.0 Å². The molecule has 0 saturated carbocycles. The third-order valence-electron chi connectivity index (χ3n) is 4.08. The molecule has 0 spiro atoms. The van der Waals surface area contributed by atoms with Crippen LogP contribution in [-0.4, -0.2) is 29.8 Å². The first-order valence-corrected chi connectivity index (χ1v) is 7.73. The number of carbonyl (C=O) groups is 2. The highest BCUT2D eigenvalue weighted by Crippen LogP contribution is 2.23. The number of likely N-dealkylation sites (tertiary alicyclic amines) is 1. The first kappa shape index (κ1) is 15.7. The van der Waals surface area contributed by atoms with Crippen LogP contribution in [0, 0.1) is 5.92 Å². The zero-order valence-electron chi connectivity index (χ0n) is 13.1. The van der Waals surface area contributed by atoms with Gasteiger partial charge in [0.1, 0.15) is 0 Å². The van der Waals surface area contributed by atoms with Crippen LogP contribution < -0.4 is 5.32 Å². The maximum Gasteiger partial charge on any atom is 0.232 e. The minimum Gasteiger partial charge on any atom is -0.309 e. The van der Waals surface area contributed by atoms with Gasteiger partial charge in [0.25, 0.3) is 0 Å². The Morgan fingerprint density at radius 3 is 2.38 bits per heavy atom. The van der Waals surface area contributed by atoms with Crippen LogP contribution in [0.2, 0.25) is 0 Å². The second-order valence-electron chi connectivity index (χ2n) is 5.65. The van der Waals surface area contributed by atoms with Crippen LogP contribution in [0.15, 0.2) is 24.3 Å². The van der Waals surface area contributed by atoms with E-state index in [9.17, 15) is 9.59 Å². The molecular weight excluding hydrogens is 264 g/mol. The smallest absolute Gasteiger partial charge is 0.232 e. The van der Waals surface area contributed by atoms with E-state index < -0.39 is 0 Å². The van der Waals surface area contributed by atoms with Gasteiger partial charge in [0.15, 0.2) is 0 Å². The summed E-state index contributed by atoms with van der Waals surface area (Å²) in [7, 11) is 0. The van der Waals surface area contributed by atoms with Gasteiger partial charge in [-0.05, 0) is 24.1 Å². The fourth-order valence-electron chi connectivity index (χ4n) is 2.74. The van der Waals surface area contributed by atoms with Crippen molar-refractivity contribution in [2.75, 3.05) is 13.1 Å². The van der Waals surface area contributed by atoms with Crippen molar-refractivity contribution in [3.63, 3.8) is 0 Å². The molecule has 0 aliphatic carbocycles. The summed E-state index contributed by atoms with van der Waals surface area (Å²) in [6, 6.07) is 8.38. The van der Waals surface area contributed by atoms with E-state index >= 15 is 0 Å². The Morgan fingerprint density at radius 2 is 1.90 bits per heavy atom. The summed E-state index contributed by atoms with van der Waals surface area (Å²) < 4.78 is 0. The molecule has 0 bridgehead atoms. The molecule has 1 saturated heterocycles. The van der Waals surface area contributed by atoms with E-state index in [4.69, 9.17) is 0 Å². The molecule has 0 aromatic heterocycles. The molecule has 0 radical (unpaired) electrons. The van der Waals surface area contributed by atoms with E-state index in [1.54, 1.807) is 0 Å². The number of carbonyl (C=O) groups excluding carboxylic acids is 2. The number of nitrogens with one attached hydrogen (secondary N) is 1. The summed E-state index contributed by atoms with van der Waals surface area (Å²) in [4.78, 5) is 25.4. The number of imide groups is 1. The van der Waals surface area contributed by atoms with Crippen LogP contribution >= 0.6 is 0 Å². The maximum absolute atomic E-state index is 12.1. The van der Waals surface area contributed by atoms with E-state index in [1.807, 2.05) is 13.8 Å². The lowest BCUT2D eigenvalue weighted by molar-refractivity contribution is -0.139. The second-order valence-corrected chi connectivity index (χ2v) is 5.65. The van der Waals surface area contributed by atoms with Gasteiger partial charge in [0.2, 0.25) is 11.8 Å². The molecule has 1 aliphatic rings. The van der Waals surface area contributed by atoms with Gasteiger partial charge in [-0.3, -0.25) is 14.5 Å². The van der Waals surface area contributed by atoms with Gasteiger partial charge in [-0.25, -0.2) is 0 Å². The molecule has 2 unspecified atom stereocenters. The number of nitrogens with zero attached hydrogens (tertiary/aromatic N) is 1. The number of benzene rings is 1. The molecule has 1 fully saturated rings. The first-order chi connectivity index (χ1) is 10.1. The lowest BCUT2D eigenvalue weighted by Gasteiger charge is -2.24. The summed E-state index contributed by atoms with van der Waals surface area (Å²) in [5.74, 6) is -0.282. The number of amides is 2. The molecule has 2 amide bonds. The lowest BCUT2D eigenvalue weighted by atomic mass is 10.0. The number of rotatable bonds is 6. The van der Waals surface area contributed by atoms with Gasteiger partial charge in [-0.15, -0.1) is 0 Å². The fraction of sp³-hybridized carbons (Fsp3) is 0.529. The SMILES string of the molecule is CCNC(CN1C(=O)CC(C)C1=O)c1ccc(CC)cc1.